The molecule has 0 aliphatic carbocycles. The van der Waals surface area contributed by atoms with Gasteiger partial charge in [0.05, 0.1) is 22.5 Å². The van der Waals surface area contributed by atoms with Gasteiger partial charge in [0.25, 0.3) is 5.69 Å². The van der Waals surface area contributed by atoms with Crippen molar-refractivity contribution in [1.29, 1.82) is 0 Å². The van der Waals surface area contributed by atoms with Crippen molar-refractivity contribution < 1.29 is 9.72 Å². The van der Waals surface area contributed by atoms with Gasteiger partial charge in [0.2, 0.25) is 5.91 Å². The number of hydrogen-bond acceptors (Lipinski definition) is 5. The summed E-state index contributed by atoms with van der Waals surface area (Å²) in [6.45, 7) is 0. The third kappa shape index (κ3) is 5.78. The highest BCUT2D eigenvalue weighted by molar-refractivity contribution is 9.10. The molecule has 8 heteroatoms. The van der Waals surface area contributed by atoms with Gasteiger partial charge in [0.15, 0.2) is 0 Å². The third-order valence-corrected chi connectivity index (χ3v) is 4.41. The fraction of sp³-hybridized carbons (Fsp3) is 0.125. The number of halogens is 1. The zero-order valence-electron chi connectivity index (χ0n) is 12.5. The van der Waals surface area contributed by atoms with Crippen LogP contribution in [-0.4, -0.2) is 22.8 Å². The molecule has 6 nitrogen and oxygen atoms in total. The van der Waals surface area contributed by atoms with Crippen LogP contribution < -0.4 is 5.43 Å². The number of nitrogens with zero attached hydrogens (tertiary/aromatic N) is 2. The van der Waals surface area contributed by atoms with Gasteiger partial charge in [-0.25, -0.2) is 5.43 Å². The van der Waals surface area contributed by atoms with Crippen molar-refractivity contribution in [3.63, 3.8) is 0 Å². The quantitative estimate of drug-likeness (QED) is 0.430. The first-order valence-electron chi connectivity index (χ1n) is 6.94. The number of amides is 1. The molecule has 0 saturated carbocycles. The van der Waals surface area contributed by atoms with E-state index >= 15 is 0 Å². The summed E-state index contributed by atoms with van der Waals surface area (Å²) in [5.41, 5.74) is 3.77. The van der Waals surface area contributed by atoms with E-state index in [9.17, 15) is 14.9 Å². The second-order valence-electron chi connectivity index (χ2n) is 4.73. The molecule has 0 saturated heterocycles. The summed E-state index contributed by atoms with van der Waals surface area (Å²) in [6, 6.07) is 14.1. The molecule has 0 aliphatic heterocycles. The number of nitro benzene ring substituents is 1. The minimum Gasteiger partial charge on any atom is -0.272 e. The Kier molecular flexibility index (Phi) is 6.95. The SMILES string of the molecule is O=C(CSCc1cccc(Br)c1)N/N=C/c1ccccc1[N+](=O)[O-]. The molecule has 0 bridgehead atoms. The molecular formula is C16H14BrN3O3S. The molecule has 0 aliphatic rings. The maximum absolute atomic E-state index is 11.7. The number of thioether (sulfide) groups is 1. The highest BCUT2D eigenvalue weighted by Crippen LogP contribution is 2.17. The molecule has 0 aromatic heterocycles. The Morgan fingerprint density at radius 3 is 2.83 bits per heavy atom. The highest BCUT2D eigenvalue weighted by Gasteiger charge is 2.10. The second-order valence-corrected chi connectivity index (χ2v) is 6.63. The number of carbonyl (C=O) groups is 1. The second kappa shape index (κ2) is 9.19. The minimum atomic E-state index is -0.489. The van der Waals surface area contributed by atoms with Gasteiger partial charge >= 0.3 is 0 Å². The van der Waals surface area contributed by atoms with Gasteiger partial charge < -0.3 is 0 Å². The van der Waals surface area contributed by atoms with Crippen LogP contribution in [0.25, 0.3) is 0 Å². The van der Waals surface area contributed by atoms with Crippen LogP contribution in [0.1, 0.15) is 11.1 Å². The average Bonchev–Trinajstić information content (AvgIpc) is 2.55. The first-order valence-corrected chi connectivity index (χ1v) is 8.88. The van der Waals surface area contributed by atoms with Crippen LogP contribution in [0.4, 0.5) is 5.69 Å². The van der Waals surface area contributed by atoms with E-state index in [4.69, 9.17) is 0 Å². The summed E-state index contributed by atoms with van der Waals surface area (Å²) in [5.74, 6) is 0.700. The maximum Gasteiger partial charge on any atom is 0.278 e. The third-order valence-electron chi connectivity index (χ3n) is 2.92. The number of carbonyl (C=O) groups excluding carboxylic acids is 1. The summed E-state index contributed by atoms with van der Waals surface area (Å²) in [5, 5.41) is 14.6. The van der Waals surface area contributed by atoms with Crippen molar-refractivity contribution in [1.82, 2.24) is 5.43 Å². The summed E-state index contributed by atoms with van der Waals surface area (Å²) in [6.07, 6.45) is 1.27. The minimum absolute atomic E-state index is 0.0560. The topological polar surface area (TPSA) is 84.6 Å². The van der Waals surface area contributed by atoms with Gasteiger partial charge in [-0.1, -0.05) is 40.2 Å². The van der Waals surface area contributed by atoms with Crippen molar-refractivity contribution in [2.24, 2.45) is 5.10 Å². The van der Waals surface area contributed by atoms with E-state index in [2.05, 4.69) is 26.5 Å². The molecule has 0 radical (unpaired) electrons. The zero-order chi connectivity index (χ0) is 17.4. The average molecular weight is 408 g/mol. The molecule has 24 heavy (non-hydrogen) atoms. The van der Waals surface area contributed by atoms with E-state index in [1.807, 2.05) is 24.3 Å². The Hall–Kier alpha value is -2.19. The van der Waals surface area contributed by atoms with Crippen LogP contribution in [0.2, 0.25) is 0 Å². The maximum atomic E-state index is 11.7. The normalized spacial score (nSPS) is 10.7. The predicted molar refractivity (Wildman–Crippen MR) is 99.1 cm³/mol. The fourth-order valence-electron chi connectivity index (χ4n) is 1.86. The van der Waals surface area contributed by atoms with Crippen LogP contribution in [0.3, 0.4) is 0 Å². The molecule has 0 atom stereocenters. The van der Waals surface area contributed by atoms with Crippen LogP contribution in [0.15, 0.2) is 58.1 Å². The molecule has 0 heterocycles. The van der Waals surface area contributed by atoms with E-state index < -0.39 is 4.92 Å². The standard InChI is InChI=1S/C16H14BrN3O3S/c17-14-6-3-4-12(8-14)10-24-11-16(21)19-18-9-13-5-1-2-7-15(13)20(22)23/h1-9H,10-11H2,(H,19,21)/b18-9+. The first kappa shape index (κ1) is 18.2. The van der Waals surface area contributed by atoms with Gasteiger partial charge in [0.1, 0.15) is 0 Å². The van der Waals surface area contributed by atoms with E-state index in [-0.39, 0.29) is 17.3 Å². The van der Waals surface area contributed by atoms with Crippen molar-refractivity contribution >= 4 is 45.5 Å². The zero-order valence-corrected chi connectivity index (χ0v) is 14.9. The van der Waals surface area contributed by atoms with E-state index in [0.717, 1.165) is 10.0 Å². The fourth-order valence-corrected chi connectivity index (χ4v) is 3.07. The first-order chi connectivity index (χ1) is 11.6. The van der Waals surface area contributed by atoms with Crippen LogP contribution in [-0.2, 0) is 10.5 Å². The predicted octanol–water partition coefficient (Wildman–Crippen LogP) is 3.74. The van der Waals surface area contributed by atoms with Gasteiger partial charge in [-0.2, -0.15) is 5.10 Å². The van der Waals surface area contributed by atoms with Gasteiger partial charge in [-0.15, -0.1) is 11.8 Å². The summed E-state index contributed by atoms with van der Waals surface area (Å²) >= 11 is 4.86. The van der Waals surface area contributed by atoms with Crippen LogP contribution in [0, 0.1) is 10.1 Å². The Balaban J connectivity index is 1.80. The molecule has 1 N–H and O–H groups in total. The number of para-hydroxylation sites is 1. The molecule has 0 fully saturated rings. The smallest absolute Gasteiger partial charge is 0.272 e. The van der Waals surface area contributed by atoms with Crippen molar-refractivity contribution in [3.05, 3.63) is 74.2 Å². The van der Waals surface area contributed by atoms with Crippen LogP contribution >= 0.6 is 27.7 Å². The summed E-state index contributed by atoms with van der Waals surface area (Å²) in [4.78, 5) is 22.1. The van der Waals surface area contributed by atoms with Crippen LogP contribution in [0.5, 0.6) is 0 Å². The summed E-state index contributed by atoms with van der Waals surface area (Å²) in [7, 11) is 0. The Morgan fingerprint density at radius 2 is 2.08 bits per heavy atom. The summed E-state index contributed by atoms with van der Waals surface area (Å²) < 4.78 is 0.999. The van der Waals surface area contributed by atoms with E-state index in [1.54, 1.807) is 18.2 Å². The number of benzene rings is 2. The van der Waals surface area contributed by atoms with Gasteiger partial charge in [-0.3, -0.25) is 14.9 Å². The highest BCUT2D eigenvalue weighted by atomic mass is 79.9. The van der Waals surface area contributed by atoms with E-state index in [0.29, 0.717) is 11.3 Å². The molecule has 2 aromatic rings. The lowest BCUT2D eigenvalue weighted by molar-refractivity contribution is -0.385. The van der Waals surface area contributed by atoms with Gasteiger partial charge in [0, 0.05) is 16.3 Å². The Labute approximate surface area is 151 Å². The van der Waals surface area contributed by atoms with Gasteiger partial charge in [-0.05, 0) is 23.8 Å². The molecule has 124 valence electrons. The molecule has 0 spiro atoms. The number of nitro groups is 1. The van der Waals surface area contributed by atoms with Crippen molar-refractivity contribution in [2.45, 2.75) is 5.75 Å². The number of hydrazone groups is 1. The lowest BCUT2D eigenvalue weighted by Crippen LogP contribution is -2.19. The van der Waals surface area contributed by atoms with Crippen molar-refractivity contribution in [2.75, 3.05) is 5.75 Å². The lowest BCUT2D eigenvalue weighted by Gasteiger charge is -2.02. The molecule has 2 aromatic carbocycles. The lowest BCUT2D eigenvalue weighted by atomic mass is 10.2. The van der Waals surface area contributed by atoms with Crippen molar-refractivity contribution in [3.8, 4) is 0 Å². The number of hydrogen-bond donors (Lipinski definition) is 1. The Bertz CT molecular complexity index is 768. The largest absolute Gasteiger partial charge is 0.278 e. The molecule has 2 rings (SSSR count). The number of rotatable bonds is 7. The van der Waals surface area contributed by atoms with E-state index in [1.165, 1.54) is 24.0 Å². The molecule has 0 unspecified atom stereocenters. The number of nitrogens with one attached hydrogen (secondary N) is 1. The Morgan fingerprint density at radius 1 is 1.29 bits per heavy atom. The molecular weight excluding hydrogens is 394 g/mol. The molecule has 1 amide bonds. The monoisotopic (exact) mass is 407 g/mol.